The Labute approximate surface area is 167 Å². The van der Waals surface area contributed by atoms with Crippen molar-refractivity contribution >= 4 is 11.8 Å². The number of hydrogen-bond donors (Lipinski definition) is 1. The third kappa shape index (κ3) is 4.31. The highest BCUT2D eigenvalue weighted by Crippen LogP contribution is 2.17. The number of nitrogens with zero attached hydrogens (tertiary/aromatic N) is 4. The quantitative estimate of drug-likeness (QED) is 0.736. The highest BCUT2D eigenvalue weighted by atomic mass is 19.1. The number of benzene rings is 1. The van der Waals surface area contributed by atoms with Crippen LogP contribution in [0, 0.1) is 5.82 Å². The van der Waals surface area contributed by atoms with Gasteiger partial charge < -0.3 is 9.80 Å². The van der Waals surface area contributed by atoms with E-state index in [4.69, 9.17) is 0 Å². The van der Waals surface area contributed by atoms with Gasteiger partial charge in [0.25, 0.3) is 5.91 Å². The minimum absolute atomic E-state index is 0.0666. The summed E-state index contributed by atoms with van der Waals surface area (Å²) in [7, 11) is 0. The predicted molar refractivity (Wildman–Crippen MR) is 104 cm³/mol. The monoisotopic (exact) mass is 393 g/mol. The summed E-state index contributed by atoms with van der Waals surface area (Å²) in [6.07, 6.45) is 3.52. The van der Waals surface area contributed by atoms with Crippen LogP contribution >= 0.6 is 0 Å². The van der Waals surface area contributed by atoms with Crippen molar-refractivity contribution < 1.29 is 14.0 Å². The topological polar surface area (TPSA) is 82.2 Å². The first-order valence-electron chi connectivity index (χ1n) is 9.37. The van der Waals surface area contributed by atoms with Gasteiger partial charge in [-0.1, -0.05) is 12.1 Å². The molecule has 1 fully saturated rings. The number of carbonyl (C=O) groups excluding carboxylic acids is 2. The van der Waals surface area contributed by atoms with Crippen LogP contribution in [0.5, 0.6) is 0 Å². The average Bonchev–Trinajstić information content (AvgIpc) is 3.24. The van der Waals surface area contributed by atoms with Crippen LogP contribution in [0.25, 0.3) is 11.3 Å². The number of pyridine rings is 1. The van der Waals surface area contributed by atoms with Crippen LogP contribution in [-0.2, 0) is 11.2 Å². The normalized spacial score (nSPS) is 14.1. The average molecular weight is 393 g/mol. The van der Waals surface area contributed by atoms with Crippen LogP contribution in [0.1, 0.15) is 16.1 Å². The van der Waals surface area contributed by atoms with E-state index in [9.17, 15) is 14.0 Å². The molecule has 8 heteroatoms. The van der Waals surface area contributed by atoms with Gasteiger partial charge in [0.2, 0.25) is 5.91 Å². The minimum atomic E-state index is -0.351. The van der Waals surface area contributed by atoms with Crippen LogP contribution in [-0.4, -0.2) is 63.0 Å². The third-order valence-electron chi connectivity index (χ3n) is 4.93. The summed E-state index contributed by atoms with van der Waals surface area (Å²) < 4.78 is 13.3. The number of aromatic amines is 1. The van der Waals surface area contributed by atoms with E-state index in [2.05, 4.69) is 15.2 Å². The lowest BCUT2D eigenvalue weighted by Gasteiger charge is -2.34. The lowest BCUT2D eigenvalue weighted by molar-refractivity contribution is -0.131. The van der Waals surface area contributed by atoms with E-state index in [1.807, 2.05) is 12.1 Å². The van der Waals surface area contributed by atoms with Crippen LogP contribution < -0.4 is 0 Å². The number of hydrogen-bond acceptors (Lipinski definition) is 4. The lowest BCUT2D eigenvalue weighted by Crippen LogP contribution is -2.51. The molecule has 1 saturated heterocycles. The molecule has 0 aliphatic carbocycles. The molecule has 3 aromatic rings. The van der Waals surface area contributed by atoms with Gasteiger partial charge in [-0.25, -0.2) is 4.39 Å². The Morgan fingerprint density at radius 3 is 2.55 bits per heavy atom. The summed E-state index contributed by atoms with van der Waals surface area (Å²) in [6, 6.07) is 11.5. The van der Waals surface area contributed by atoms with E-state index < -0.39 is 0 Å². The van der Waals surface area contributed by atoms with Crippen LogP contribution in [0.2, 0.25) is 0 Å². The largest absolute Gasteiger partial charge is 0.339 e. The second-order valence-corrected chi connectivity index (χ2v) is 6.89. The maximum Gasteiger partial charge on any atom is 0.272 e. The molecule has 1 aromatic carbocycles. The molecule has 0 saturated carbocycles. The molecular weight excluding hydrogens is 373 g/mol. The van der Waals surface area contributed by atoms with Crippen LogP contribution in [0.3, 0.4) is 0 Å². The maximum absolute atomic E-state index is 13.3. The van der Waals surface area contributed by atoms with E-state index in [0.717, 1.165) is 5.56 Å². The van der Waals surface area contributed by atoms with Crippen molar-refractivity contribution in [2.45, 2.75) is 6.42 Å². The van der Waals surface area contributed by atoms with E-state index in [1.54, 1.807) is 40.4 Å². The van der Waals surface area contributed by atoms with Gasteiger partial charge in [0.05, 0.1) is 12.1 Å². The van der Waals surface area contributed by atoms with Gasteiger partial charge in [-0.3, -0.25) is 19.7 Å². The second-order valence-electron chi connectivity index (χ2n) is 6.89. The van der Waals surface area contributed by atoms with E-state index in [-0.39, 0.29) is 24.1 Å². The zero-order valence-electron chi connectivity index (χ0n) is 15.7. The molecule has 1 aliphatic rings. The summed E-state index contributed by atoms with van der Waals surface area (Å²) in [5, 5.41) is 6.98. The molecule has 2 amide bonds. The van der Waals surface area contributed by atoms with Crippen LogP contribution in [0.15, 0.2) is 54.9 Å². The maximum atomic E-state index is 13.3. The van der Waals surface area contributed by atoms with Crippen molar-refractivity contribution in [2.24, 2.45) is 0 Å². The Morgan fingerprint density at radius 1 is 1.03 bits per heavy atom. The zero-order valence-corrected chi connectivity index (χ0v) is 15.7. The summed E-state index contributed by atoms with van der Waals surface area (Å²) in [4.78, 5) is 32.7. The first-order chi connectivity index (χ1) is 14.1. The molecule has 1 N–H and O–H groups in total. The van der Waals surface area contributed by atoms with Gasteiger partial charge in [-0.15, -0.1) is 0 Å². The first kappa shape index (κ1) is 18.8. The summed E-state index contributed by atoms with van der Waals surface area (Å²) in [6.45, 7) is 1.77. The van der Waals surface area contributed by atoms with Crippen LogP contribution in [0.4, 0.5) is 4.39 Å². The molecule has 3 heterocycles. The molecule has 0 atom stereocenters. The highest BCUT2D eigenvalue weighted by molar-refractivity contribution is 5.93. The third-order valence-corrected chi connectivity index (χ3v) is 4.93. The predicted octanol–water partition coefficient (Wildman–Crippen LogP) is 2.14. The van der Waals surface area contributed by atoms with Gasteiger partial charge in [-0.05, 0) is 35.9 Å². The van der Waals surface area contributed by atoms with Gasteiger partial charge in [0.15, 0.2) is 0 Å². The van der Waals surface area contributed by atoms with Crippen molar-refractivity contribution in [3.8, 4) is 11.3 Å². The summed E-state index contributed by atoms with van der Waals surface area (Å²) in [5.41, 5.74) is 2.54. The molecule has 0 unspecified atom stereocenters. The number of halogens is 1. The number of amides is 2. The van der Waals surface area contributed by atoms with Gasteiger partial charge in [0, 0.05) is 44.1 Å². The molecular formula is C21H20FN5O2. The molecule has 29 heavy (non-hydrogen) atoms. The van der Waals surface area contributed by atoms with Crippen molar-refractivity contribution in [3.63, 3.8) is 0 Å². The molecule has 1 aliphatic heterocycles. The fourth-order valence-electron chi connectivity index (χ4n) is 3.36. The fraction of sp³-hybridized carbons (Fsp3) is 0.238. The summed E-state index contributed by atoms with van der Waals surface area (Å²) in [5.74, 6) is -0.566. The van der Waals surface area contributed by atoms with Gasteiger partial charge >= 0.3 is 0 Å². The first-order valence-corrected chi connectivity index (χ1v) is 9.37. The number of piperazine rings is 1. The second kappa shape index (κ2) is 8.22. The Kier molecular flexibility index (Phi) is 5.33. The fourth-order valence-corrected chi connectivity index (χ4v) is 3.36. The van der Waals surface area contributed by atoms with E-state index in [1.165, 1.54) is 12.1 Å². The molecule has 2 aromatic heterocycles. The van der Waals surface area contributed by atoms with Gasteiger partial charge in [0.1, 0.15) is 11.5 Å². The number of H-pyrrole nitrogens is 1. The lowest BCUT2D eigenvalue weighted by atomic mass is 10.1. The molecule has 0 radical (unpaired) electrons. The van der Waals surface area contributed by atoms with Crippen molar-refractivity contribution in [2.75, 3.05) is 26.2 Å². The number of aromatic nitrogens is 3. The summed E-state index contributed by atoms with van der Waals surface area (Å²) >= 11 is 0. The SMILES string of the molecule is O=C(Cc1cccc(F)c1)N1CCN(C(=O)c2cc(-c3cccnc3)n[nH]2)CC1. The Bertz CT molecular complexity index is 1010. The van der Waals surface area contributed by atoms with Crippen molar-refractivity contribution in [1.82, 2.24) is 25.0 Å². The molecule has 4 rings (SSSR count). The smallest absolute Gasteiger partial charge is 0.272 e. The Balaban J connectivity index is 1.34. The molecule has 0 bridgehead atoms. The van der Waals surface area contributed by atoms with E-state index >= 15 is 0 Å². The molecule has 0 spiro atoms. The number of rotatable bonds is 4. The van der Waals surface area contributed by atoms with E-state index in [0.29, 0.717) is 43.1 Å². The zero-order chi connectivity index (χ0) is 20.2. The molecule has 148 valence electrons. The Hall–Kier alpha value is -3.55. The van der Waals surface area contributed by atoms with Crippen molar-refractivity contribution in [1.29, 1.82) is 0 Å². The minimum Gasteiger partial charge on any atom is -0.339 e. The standard InChI is InChI=1S/C21H20FN5O2/c22-17-5-1-3-15(11-17)12-20(28)26-7-9-27(10-8-26)21(29)19-13-18(24-25-19)16-4-2-6-23-14-16/h1-6,11,13-14H,7-10,12H2,(H,24,25). The number of carbonyl (C=O) groups is 2. The number of nitrogens with one attached hydrogen (secondary N) is 1. The highest BCUT2D eigenvalue weighted by Gasteiger charge is 2.26. The molecule has 7 nitrogen and oxygen atoms in total. The van der Waals surface area contributed by atoms with Gasteiger partial charge in [-0.2, -0.15) is 5.10 Å². The van der Waals surface area contributed by atoms with Crippen molar-refractivity contribution in [3.05, 3.63) is 71.9 Å². The Morgan fingerprint density at radius 2 is 1.83 bits per heavy atom.